The fourth-order valence-corrected chi connectivity index (χ4v) is 1.62. The molecular formula is C12H14N2O2. The molecule has 0 atom stereocenters. The van der Waals surface area contributed by atoms with Crippen molar-refractivity contribution >= 4 is 11.6 Å². The molecule has 4 nitrogen and oxygen atoms in total. The van der Waals surface area contributed by atoms with E-state index in [1.165, 1.54) is 0 Å². The third kappa shape index (κ3) is 1.92. The van der Waals surface area contributed by atoms with Crippen molar-refractivity contribution in [2.45, 2.75) is 0 Å². The molecule has 0 unspecified atom stereocenters. The predicted octanol–water partition coefficient (Wildman–Crippen LogP) is 0.927. The number of fused-ring (bicyclic) bond motifs is 1. The van der Waals surface area contributed by atoms with Crippen LogP contribution in [-0.2, 0) is 4.79 Å². The molecule has 1 aromatic rings. The van der Waals surface area contributed by atoms with Crippen molar-refractivity contribution in [3.05, 3.63) is 36.4 Å². The number of amides is 1. The summed E-state index contributed by atoms with van der Waals surface area (Å²) in [5.74, 6) is 0.667. The zero-order chi connectivity index (χ0) is 11.5. The molecule has 0 spiro atoms. The van der Waals surface area contributed by atoms with Crippen molar-refractivity contribution in [2.75, 3.05) is 24.6 Å². The molecule has 0 radical (unpaired) electrons. The van der Waals surface area contributed by atoms with Crippen LogP contribution in [0.2, 0.25) is 0 Å². The Morgan fingerprint density at radius 1 is 1.50 bits per heavy atom. The van der Waals surface area contributed by atoms with E-state index in [9.17, 15) is 4.79 Å². The lowest BCUT2D eigenvalue weighted by molar-refractivity contribution is -0.121. The average molecular weight is 218 g/mol. The van der Waals surface area contributed by atoms with Crippen LogP contribution in [-0.4, -0.2) is 25.6 Å². The molecule has 0 fully saturated rings. The SMILES string of the molecule is C=C(CN)CN1C(=O)COc2ccccc21. The summed E-state index contributed by atoms with van der Waals surface area (Å²) >= 11 is 0. The van der Waals surface area contributed by atoms with E-state index in [0.29, 0.717) is 13.1 Å². The molecule has 16 heavy (non-hydrogen) atoms. The van der Waals surface area contributed by atoms with Gasteiger partial charge in [0.15, 0.2) is 6.61 Å². The molecule has 1 amide bonds. The van der Waals surface area contributed by atoms with Gasteiger partial charge in [0.25, 0.3) is 5.91 Å². The van der Waals surface area contributed by atoms with Gasteiger partial charge in [0.1, 0.15) is 5.75 Å². The molecule has 0 saturated heterocycles. The van der Waals surface area contributed by atoms with Crippen LogP contribution < -0.4 is 15.4 Å². The zero-order valence-electron chi connectivity index (χ0n) is 8.98. The standard InChI is InChI=1S/C12H14N2O2/c1-9(6-13)7-14-10-4-2-3-5-11(10)16-8-12(14)15/h2-5H,1,6-8,13H2. The summed E-state index contributed by atoms with van der Waals surface area (Å²) < 4.78 is 5.33. The molecule has 4 heteroatoms. The normalized spacial score (nSPS) is 14.3. The Hall–Kier alpha value is -1.81. The topological polar surface area (TPSA) is 55.6 Å². The van der Waals surface area contributed by atoms with E-state index >= 15 is 0 Å². The van der Waals surface area contributed by atoms with Gasteiger partial charge in [-0.1, -0.05) is 18.7 Å². The summed E-state index contributed by atoms with van der Waals surface area (Å²) in [6.07, 6.45) is 0. The Balaban J connectivity index is 2.29. The molecule has 2 N–H and O–H groups in total. The number of rotatable bonds is 3. The van der Waals surface area contributed by atoms with Gasteiger partial charge >= 0.3 is 0 Å². The first-order valence-electron chi connectivity index (χ1n) is 5.11. The second-order valence-corrected chi connectivity index (χ2v) is 3.69. The van der Waals surface area contributed by atoms with Gasteiger partial charge in [0.05, 0.1) is 5.69 Å². The van der Waals surface area contributed by atoms with Crippen molar-refractivity contribution in [2.24, 2.45) is 5.73 Å². The first kappa shape index (κ1) is 10.7. The second-order valence-electron chi connectivity index (χ2n) is 3.69. The Bertz CT molecular complexity index is 429. The number of anilines is 1. The van der Waals surface area contributed by atoms with Crippen LogP contribution in [0.4, 0.5) is 5.69 Å². The maximum atomic E-state index is 11.7. The molecule has 0 aromatic heterocycles. The predicted molar refractivity (Wildman–Crippen MR) is 62.5 cm³/mol. The van der Waals surface area contributed by atoms with Gasteiger partial charge in [-0.25, -0.2) is 0 Å². The van der Waals surface area contributed by atoms with Crippen LogP contribution in [0.25, 0.3) is 0 Å². The number of nitrogens with two attached hydrogens (primary N) is 1. The van der Waals surface area contributed by atoms with Crippen LogP contribution in [0.15, 0.2) is 36.4 Å². The van der Waals surface area contributed by atoms with Gasteiger partial charge in [0, 0.05) is 13.1 Å². The van der Waals surface area contributed by atoms with E-state index in [1.807, 2.05) is 24.3 Å². The number of ether oxygens (including phenoxy) is 1. The quantitative estimate of drug-likeness (QED) is 0.768. The highest BCUT2D eigenvalue weighted by Gasteiger charge is 2.24. The van der Waals surface area contributed by atoms with Gasteiger partial charge in [-0.15, -0.1) is 0 Å². The van der Waals surface area contributed by atoms with Crippen LogP contribution in [0.5, 0.6) is 5.75 Å². The number of carbonyl (C=O) groups is 1. The number of hydrogen-bond donors (Lipinski definition) is 1. The van der Waals surface area contributed by atoms with Crippen LogP contribution in [0, 0.1) is 0 Å². The molecule has 1 aliphatic heterocycles. The Morgan fingerprint density at radius 3 is 3.00 bits per heavy atom. The molecule has 0 aliphatic carbocycles. The van der Waals surface area contributed by atoms with Gasteiger partial charge in [-0.2, -0.15) is 0 Å². The number of benzene rings is 1. The molecular weight excluding hydrogens is 204 g/mol. The summed E-state index contributed by atoms with van der Waals surface area (Å²) in [6, 6.07) is 7.46. The highest BCUT2D eigenvalue weighted by Crippen LogP contribution is 2.31. The summed E-state index contributed by atoms with van der Waals surface area (Å²) in [5.41, 5.74) is 7.10. The highest BCUT2D eigenvalue weighted by molar-refractivity contribution is 5.98. The third-order valence-corrected chi connectivity index (χ3v) is 2.48. The van der Waals surface area contributed by atoms with Crippen LogP contribution in [0.3, 0.4) is 0 Å². The first-order chi connectivity index (χ1) is 7.72. The van der Waals surface area contributed by atoms with Gasteiger partial charge in [-0.05, 0) is 17.7 Å². The lowest BCUT2D eigenvalue weighted by Crippen LogP contribution is -2.40. The van der Waals surface area contributed by atoms with E-state index in [-0.39, 0.29) is 12.5 Å². The minimum atomic E-state index is -0.0618. The number of nitrogens with zero attached hydrogens (tertiary/aromatic N) is 1. The Morgan fingerprint density at radius 2 is 2.25 bits per heavy atom. The van der Waals surface area contributed by atoms with E-state index in [4.69, 9.17) is 10.5 Å². The van der Waals surface area contributed by atoms with Crippen molar-refractivity contribution < 1.29 is 9.53 Å². The Labute approximate surface area is 94.3 Å². The van der Waals surface area contributed by atoms with Crippen molar-refractivity contribution in [1.29, 1.82) is 0 Å². The Kier molecular flexibility index (Phi) is 2.92. The largest absolute Gasteiger partial charge is 0.482 e. The molecule has 84 valence electrons. The van der Waals surface area contributed by atoms with E-state index in [2.05, 4.69) is 6.58 Å². The summed E-state index contributed by atoms with van der Waals surface area (Å²) in [7, 11) is 0. The molecule has 0 bridgehead atoms. The maximum Gasteiger partial charge on any atom is 0.265 e. The number of carbonyl (C=O) groups excluding carboxylic acids is 1. The minimum Gasteiger partial charge on any atom is -0.482 e. The molecule has 1 aromatic carbocycles. The van der Waals surface area contributed by atoms with E-state index in [0.717, 1.165) is 17.0 Å². The summed E-state index contributed by atoms with van der Waals surface area (Å²) in [5, 5.41) is 0. The van der Waals surface area contributed by atoms with Crippen molar-refractivity contribution in [1.82, 2.24) is 0 Å². The van der Waals surface area contributed by atoms with Gasteiger partial charge in [-0.3, -0.25) is 4.79 Å². The lowest BCUT2D eigenvalue weighted by Gasteiger charge is -2.29. The molecule has 1 aliphatic rings. The summed E-state index contributed by atoms with van der Waals surface area (Å²) in [4.78, 5) is 13.4. The monoisotopic (exact) mass is 218 g/mol. The fourth-order valence-electron chi connectivity index (χ4n) is 1.62. The van der Waals surface area contributed by atoms with E-state index in [1.54, 1.807) is 4.90 Å². The molecule has 1 heterocycles. The van der Waals surface area contributed by atoms with Gasteiger partial charge < -0.3 is 15.4 Å². The molecule has 0 saturated carbocycles. The first-order valence-corrected chi connectivity index (χ1v) is 5.11. The van der Waals surface area contributed by atoms with Crippen LogP contribution >= 0.6 is 0 Å². The smallest absolute Gasteiger partial charge is 0.265 e. The van der Waals surface area contributed by atoms with Crippen molar-refractivity contribution in [3.63, 3.8) is 0 Å². The number of para-hydroxylation sites is 2. The van der Waals surface area contributed by atoms with Crippen LogP contribution in [0.1, 0.15) is 0 Å². The summed E-state index contributed by atoms with van der Waals surface area (Å²) in [6.45, 7) is 4.73. The van der Waals surface area contributed by atoms with Crippen molar-refractivity contribution in [3.8, 4) is 5.75 Å². The zero-order valence-corrected chi connectivity index (χ0v) is 8.98. The van der Waals surface area contributed by atoms with E-state index < -0.39 is 0 Å². The average Bonchev–Trinajstić information content (AvgIpc) is 2.32. The minimum absolute atomic E-state index is 0.0618. The molecule has 2 rings (SSSR count). The lowest BCUT2D eigenvalue weighted by atomic mass is 10.2. The second kappa shape index (κ2) is 4.37. The third-order valence-electron chi connectivity index (χ3n) is 2.48. The maximum absolute atomic E-state index is 11.7. The number of hydrogen-bond acceptors (Lipinski definition) is 3. The fraction of sp³-hybridized carbons (Fsp3) is 0.250. The highest BCUT2D eigenvalue weighted by atomic mass is 16.5. The van der Waals surface area contributed by atoms with Gasteiger partial charge in [0.2, 0.25) is 0 Å².